The van der Waals surface area contributed by atoms with Gasteiger partial charge in [-0.15, -0.1) is 0 Å². The Hall–Kier alpha value is -3.44. The fourth-order valence-electron chi connectivity index (χ4n) is 3.78. The Bertz CT molecular complexity index is 1160. The van der Waals surface area contributed by atoms with Crippen LogP contribution in [-0.4, -0.2) is 16.8 Å². The standard InChI is InChI=1S/C25H19ClFNO3/c26-19-15-18(12-13-20(19)27)28-23(17-9-5-2-6-10-17)22(24(30)25(28)31)21(29)14-11-16-7-3-1-4-8-16/h1-10,12-13,15,23,30H,11,14H2. The van der Waals surface area contributed by atoms with E-state index in [-0.39, 0.29) is 22.8 Å². The third-order valence-electron chi connectivity index (χ3n) is 5.29. The molecule has 1 N–H and O–H groups in total. The normalized spacial score (nSPS) is 16.1. The lowest BCUT2D eigenvalue weighted by Gasteiger charge is -2.27. The number of carbonyl (C=O) groups excluding carboxylic acids is 2. The molecule has 3 aromatic rings. The molecule has 1 aliphatic rings. The molecule has 1 amide bonds. The molecule has 4 rings (SSSR count). The first-order valence-corrected chi connectivity index (χ1v) is 10.2. The van der Waals surface area contributed by atoms with Gasteiger partial charge in [0.1, 0.15) is 5.82 Å². The van der Waals surface area contributed by atoms with Gasteiger partial charge in [-0.2, -0.15) is 0 Å². The van der Waals surface area contributed by atoms with Crippen molar-refractivity contribution >= 4 is 29.0 Å². The number of aliphatic hydroxyl groups is 1. The number of aryl methyl sites for hydroxylation is 1. The second-order valence-electron chi connectivity index (χ2n) is 7.26. The largest absolute Gasteiger partial charge is 0.503 e. The zero-order valence-corrected chi connectivity index (χ0v) is 17.2. The van der Waals surface area contributed by atoms with Crippen molar-refractivity contribution in [3.63, 3.8) is 0 Å². The summed E-state index contributed by atoms with van der Waals surface area (Å²) in [7, 11) is 0. The molecule has 0 aromatic heterocycles. The SMILES string of the molecule is O=C(CCc1ccccc1)C1=C(O)C(=O)N(c2ccc(F)c(Cl)c2)C1c1ccccc1. The highest BCUT2D eigenvalue weighted by molar-refractivity contribution is 6.31. The molecule has 0 saturated heterocycles. The highest BCUT2D eigenvalue weighted by atomic mass is 35.5. The smallest absolute Gasteiger partial charge is 0.294 e. The molecule has 4 nitrogen and oxygen atoms in total. The maximum absolute atomic E-state index is 13.7. The van der Waals surface area contributed by atoms with Crippen LogP contribution >= 0.6 is 11.6 Å². The number of hydrogen-bond donors (Lipinski definition) is 1. The van der Waals surface area contributed by atoms with Crippen LogP contribution in [0.15, 0.2) is 90.2 Å². The van der Waals surface area contributed by atoms with Crippen LogP contribution in [0.5, 0.6) is 0 Å². The van der Waals surface area contributed by atoms with Gasteiger partial charge in [-0.3, -0.25) is 14.5 Å². The Kier molecular flexibility index (Phi) is 5.87. The maximum Gasteiger partial charge on any atom is 0.294 e. The van der Waals surface area contributed by atoms with Crippen molar-refractivity contribution in [3.05, 3.63) is 112 Å². The number of rotatable bonds is 6. The highest BCUT2D eigenvalue weighted by Gasteiger charge is 2.44. The van der Waals surface area contributed by atoms with Gasteiger partial charge in [0.05, 0.1) is 16.6 Å². The first-order chi connectivity index (χ1) is 15.0. The summed E-state index contributed by atoms with van der Waals surface area (Å²) in [4.78, 5) is 27.5. The lowest BCUT2D eigenvalue weighted by atomic mass is 9.93. The number of anilines is 1. The second-order valence-corrected chi connectivity index (χ2v) is 7.67. The number of amides is 1. The van der Waals surface area contributed by atoms with Gasteiger partial charge in [-0.25, -0.2) is 4.39 Å². The first-order valence-electron chi connectivity index (χ1n) is 9.81. The van der Waals surface area contributed by atoms with Crippen molar-refractivity contribution in [2.45, 2.75) is 18.9 Å². The monoisotopic (exact) mass is 435 g/mol. The number of carbonyl (C=O) groups is 2. The summed E-state index contributed by atoms with van der Waals surface area (Å²) in [5, 5.41) is 10.5. The Labute approximate surface area is 184 Å². The van der Waals surface area contributed by atoms with Crippen LogP contribution in [0, 0.1) is 5.82 Å². The van der Waals surface area contributed by atoms with Gasteiger partial charge in [0.2, 0.25) is 0 Å². The van der Waals surface area contributed by atoms with Crippen molar-refractivity contribution in [3.8, 4) is 0 Å². The number of Topliss-reactive ketones (excluding diaryl/α,β-unsaturated/α-hetero) is 1. The lowest BCUT2D eigenvalue weighted by Crippen LogP contribution is -2.31. The molecule has 1 atom stereocenters. The van der Waals surface area contributed by atoms with Gasteiger partial charge in [0, 0.05) is 12.1 Å². The van der Waals surface area contributed by atoms with Crippen LogP contribution < -0.4 is 4.90 Å². The topological polar surface area (TPSA) is 57.6 Å². The van der Waals surface area contributed by atoms with E-state index < -0.39 is 23.5 Å². The van der Waals surface area contributed by atoms with E-state index in [0.717, 1.165) is 11.6 Å². The Morgan fingerprint density at radius 1 is 1.00 bits per heavy atom. The molecule has 1 heterocycles. The number of halogens is 2. The van der Waals surface area contributed by atoms with Crippen molar-refractivity contribution in [2.24, 2.45) is 0 Å². The summed E-state index contributed by atoms with van der Waals surface area (Å²) in [6, 6.07) is 21.5. The van der Waals surface area contributed by atoms with Crippen LogP contribution in [0.1, 0.15) is 23.6 Å². The Morgan fingerprint density at radius 2 is 1.65 bits per heavy atom. The van der Waals surface area contributed by atoms with Crippen LogP contribution in [0.2, 0.25) is 5.02 Å². The number of aliphatic hydroxyl groups excluding tert-OH is 1. The van der Waals surface area contributed by atoms with Crippen molar-refractivity contribution in [1.82, 2.24) is 0 Å². The zero-order valence-electron chi connectivity index (χ0n) is 16.5. The molecule has 0 spiro atoms. The van der Waals surface area contributed by atoms with Crippen molar-refractivity contribution in [2.75, 3.05) is 4.90 Å². The molecule has 0 fully saturated rings. The summed E-state index contributed by atoms with van der Waals surface area (Å²) >= 11 is 5.93. The summed E-state index contributed by atoms with van der Waals surface area (Å²) in [6.45, 7) is 0. The zero-order chi connectivity index (χ0) is 22.0. The molecule has 0 bridgehead atoms. The van der Waals surface area contributed by atoms with E-state index in [0.29, 0.717) is 17.7 Å². The van der Waals surface area contributed by atoms with Crippen LogP contribution in [0.25, 0.3) is 0 Å². The summed E-state index contributed by atoms with van der Waals surface area (Å²) in [5.41, 5.74) is 1.97. The minimum absolute atomic E-state index is 0.0348. The Balaban J connectivity index is 1.72. The third-order valence-corrected chi connectivity index (χ3v) is 5.58. The van der Waals surface area contributed by atoms with E-state index in [1.807, 2.05) is 36.4 Å². The molecule has 1 aliphatic heterocycles. The number of nitrogens with zero attached hydrogens (tertiary/aromatic N) is 1. The van der Waals surface area contributed by atoms with E-state index >= 15 is 0 Å². The predicted octanol–water partition coefficient (Wildman–Crippen LogP) is 5.58. The van der Waals surface area contributed by atoms with Gasteiger partial charge in [0.25, 0.3) is 5.91 Å². The molecule has 0 radical (unpaired) electrons. The quantitative estimate of drug-likeness (QED) is 0.549. The van der Waals surface area contributed by atoms with E-state index in [1.54, 1.807) is 24.3 Å². The minimum Gasteiger partial charge on any atom is -0.503 e. The van der Waals surface area contributed by atoms with E-state index in [4.69, 9.17) is 11.6 Å². The average molecular weight is 436 g/mol. The first kappa shape index (κ1) is 20.8. The van der Waals surface area contributed by atoms with Crippen molar-refractivity contribution < 1.29 is 19.1 Å². The molecule has 6 heteroatoms. The predicted molar refractivity (Wildman–Crippen MR) is 118 cm³/mol. The fourth-order valence-corrected chi connectivity index (χ4v) is 3.95. The molecular weight excluding hydrogens is 417 g/mol. The average Bonchev–Trinajstić information content (AvgIpc) is 3.06. The Morgan fingerprint density at radius 3 is 2.29 bits per heavy atom. The molecule has 1 unspecified atom stereocenters. The summed E-state index contributed by atoms with van der Waals surface area (Å²) in [6.07, 6.45) is 0.618. The number of ketones is 1. The van der Waals surface area contributed by atoms with Crippen LogP contribution in [0.4, 0.5) is 10.1 Å². The lowest BCUT2D eigenvalue weighted by molar-refractivity contribution is -0.118. The van der Waals surface area contributed by atoms with E-state index in [1.165, 1.54) is 17.0 Å². The van der Waals surface area contributed by atoms with Crippen LogP contribution in [0.3, 0.4) is 0 Å². The minimum atomic E-state index is -0.835. The highest BCUT2D eigenvalue weighted by Crippen LogP contribution is 2.42. The summed E-state index contributed by atoms with van der Waals surface area (Å²) < 4.78 is 13.7. The fraction of sp³-hybridized carbons (Fsp3) is 0.120. The molecule has 156 valence electrons. The molecule has 0 saturated carbocycles. The molecule has 31 heavy (non-hydrogen) atoms. The van der Waals surface area contributed by atoms with Crippen molar-refractivity contribution in [1.29, 1.82) is 0 Å². The van der Waals surface area contributed by atoms with Gasteiger partial charge in [-0.05, 0) is 35.7 Å². The van der Waals surface area contributed by atoms with E-state index in [2.05, 4.69) is 0 Å². The van der Waals surface area contributed by atoms with Gasteiger partial charge in [-0.1, -0.05) is 72.3 Å². The molecule has 3 aromatic carbocycles. The van der Waals surface area contributed by atoms with Gasteiger partial charge in [0.15, 0.2) is 11.5 Å². The third kappa shape index (κ3) is 4.09. The summed E-state index contributed by atoms with van der Waals surface area (Å²) in [5.74, 6) is -2.25. The molecule has 0 aliphatic carbocycles. The van der Waals surface area contributed by atoms with Gasteiger partial charge < -0.3 is 5.11 Å². The number of benzene rings is 3. The second kappa shape index (κ2) is 8.74. The van der Waals surface area contributed by atoms with Gasteiger partial charge >= 0.3 is 0 Å². The molecular formula is C25H19ClFNO3. The maximum atomic E-state index is 13.7. The number of hydrogen-bond acceptors (Lipinski definition) is 3. The van der Waals surface area contributed by atoms with E-state index in [9.17, 15) is 19.1 Å². The van der Waals surface area contributed by atoms with Crippen LogP contribution in [-0.2, 0) is 16.0 Å².